The van der Waals surface area contributed by atoms with E-state index in [1.807, 2.05) is 24.3 Å². The lowest BCUT2D eigenvalue weighted by Crippen LogP contribution is -2.14. The lowest BCUT2D eigenvalue weighted by atomic mass is 9.98. The third-order valence-corrected chi connectivity index (χ3v) is 13.0. The summed E-state index contributed by atoms with van der Waals surface area (Å²) in [5.74, 6) is 0. The van der Waals surface area contributed by atoms with Crippen molar-refractivity contribution in [1.29, 1.82) is 0 Å². The van der Waals surface area contributed by atoms with Gasteiger partial charge in [-0.1, -0.05) is 121 Å². The number of furan rings is 2. The Morgan fingerprint density at radius 2 is 0.642 bits per heavy atom. The van der Waals surface area contributed by atoms with E-state index in [2.05, 4.69) is 239 Å². The molecule has 0 spiro atoms. The number of rotatable bonds is 9. The van der Waals surface area contributed by atoms with Crippen molar-refractivity contribution in [3.8, 4) is 0 Å². The van der Waals surface area contributed by atoms with Crippen LogP contribution in [0.15, 0.2) is 258 Å². The highest BCUT2D eigenvalue weighted by Crippen LogP contribution is 2.46. The molecule has 316 valence electrons. The quantitative estimate of drug-likeness (QED) is 0.135. The molecule has 0 N–H and O–H groups in total. The predicted octanol–water partition coefficient (Wildman–Crippen LogP) is 18.2. The average Bonchev–Trinajstić information content (AvgIpc) is 3.95. The van der Waals surface area contributed by atoms with Gasteiger partial charge in [0.25, 0.3) is 0 Å². The number of nitrogens with zero attached hydrogens (tertiary/aromatic N) is 3. The van der Waals surface area contributed by atoms with Gasteiger partial charge in [0.1, 0.15) is 22.3 Å². The molecule has 0 aliphatic rings. The fourth-order valence-electron chi connectivity index (χ4n) is 9.92. The van der Waals surface area contributed by atoms with Crippen molar-refractivity contribution in [3.63, 3.8) is 0 Å². The molecule has 0 unspecified atom stereocenters. The highest BCUT2D eigenvalue weighted by molar-refractivity contribution is 6.19. The van der Waals surface area contributed by atoms with Gasteiger partial charge in [0.2, 0.25) is 0 Å². The van der Waals surface area contributed by atoms with Crippen molar-refractivity contribution in [2.45, 2.75) is 0 Å². The zero-order valence-corrected chi connectivity index (χ0v) is 36.3. The highest BCUT2D eigenvalue weighted by Gasteiger charge is 2.21. The van der Waals surface area contributed by atoms with Crippen LogP contribution in [0.4, 0.5) is 51.2 Å². The Bertz CT molecular complexity index is 3900. The molecule has 0 saturated carbocycles. The molecule has 0 amide bonds. The van der Waals surface area contributed by atoms with Crippen molar-refractivity contribution in [1.82, 2.24) is 0 Å². The van der Waals surface area contributed by atoms with Crippen LogP contribution in [-0.4, -0.2) is 0 Å². The van der Waals surface area contributed by atoms with Crippen LogP contribution in [0.1, 0.15) is 0 Å². The first-order chi connectivity index (χ1) is 33.2. The van der Waals surface area contributed by atoms with Crippen molar-refractivity contribution in [3.05, 3.63) is 249 Å². The van der Waals surface area contributed by atoms with E-state index in [9.17, 15) is 0 Å². The van der Waals surface area contributed by atoms with Crippen LogP contribution in [-0.2, 0) is 0 Å². The first-order valence-corrected chi connectivity index (χ1v) is 22.7. The summed E-state index contributed by atoms with van der Waals surface area (Å²) in [4.78, 5) is 7.02. The molecule has 2 aromatic heterocycles. The Morgan fingerprint density at radius 3 is 1.25 bits per heavy atom. The summed E-state index contributed by atoms with van der Waals surface area (Å²) in [5, 5.41) is 9.05. The predicted molar refractivity (Wildman–Crippen MR) is 280 cm³/mol. The molecule has 13 aromatic rings. The maximum absolute atomic E-state index is 6.34. The van der Waals surface area contributed by atoms with Crippen LogP contribution >= 0.6 is 0 Å². The van der Waals surface area contributed by atoms with E-state index in [4.69, 9.17) is 8.83 Å². The van der Waals surface area contributed by atoms with E-state index in [1.165, 1.54) is 10.8 Å². The fourth-order valence-corrected chi connectivity index (χ4v) is 9.92. The highest BCUT2D eigenvalue weighted by atomic mass is 16.3. The topological polar surface area (TPSA) is 36.0 Å². The molecule has 0 aliphatic heterocycles. The van der Waals surface area contributed by atoms with Gasteiger partial charge in [-0.25, -0.2) is 0 Å². The average molecular weight is 860 g/mol. The first-order valence-electron chi connectivity index (χ1n) is 22.7. The lowest BCUT2D eigenvalue weighted by Gasteiger charge is -2.30. The molecule has 0 bridgehead atoms. The molecular formula is C62H41N3O2. The fraction of sp³-hybridized carbons (Fsp3) is 0. The summed E-state index contributed by atoms with van der Waals surface area (Å²) in [7, 11) is 0. The molecule has 0 aliphatic carbocycles. The second kappa shape index (κ2) is 15.9. The van der Waals surface area contributed by atoms with E-state index >= 15 is 0 Å². The van der Waals surface area contributed by atoms with Gasteiger partial charge in [0.15, 0.2) is 0 Å². The molecule has 67 heavy (non-hydrogen) atoms. The lowest BCUT2D eigenvalue weighted by molar-refractivity contribution is 0.668. The van der Waals surface area contributed by atoms with Crippen molar-refractivity contribution < 1.29 is 8.83 Å². The molecule has 5 heteroatoms. The van der Waals surface area contributed by atoms with Gasteiger partial charge in [0, 0.05) is 72.4 Å². The minimum Gasteiger partial charge on any atom is -0.456 e. The number of benzene rings is 11. The van der Waals surface area contributed by atoms with E-state index in [-0.39, 0.29) is 0 Å². The summed E-state index contributed by atoms with van der Waals surface area (Å²) in [6, 6.07) is 88.2. The maximum atomic E-state index is 6.34. The van der Waals surface area contributed by atoms with Crippen LogP contribution in [0.25, 0.3) is 65.4 Å². The van der Waals surface area contributed by atoms with Crippen LogP contribution in [0, 0.1) is 0 Å². The Morgan fingerprint density at radius 1 is 0.209 bits per heavy atom. The number of para-hydroxylation sites is 5. The minimum atomic E-state index is 0.861. The third kappa shape index (κ3) is 6.64. The van der Waals surface area contributed by atoms with Crippen LogP contribution in [0.3, 0.4) is 0 Å². The SMILES string of the molecule is c1ccc(N(c2ccccc2)c2cccc(N(c3ccccc3)c3ccc(N(c4ccc5oc6ccccc6c5c4)c4cccc5c4ccc4cc6oc7ccccc7c6cc45)cc3)c2)cc1. The smallest absolute Gasteiger partial charge is 0.136 e. The standard InChI is InChI=1S/C62H41N3O2/c1-4-16-43(17-5-1)63(44-18-6-2-7-19-44)48-22-14-23-49(39-48)64(45-20-8-3-9-21-45)46-31-33-47(34-32-46)65(50-35-37-61-56(40-50)53-24-10-12-28-59(53)66-61)58-27-15-26-51-52(58)36-30-42-38-62-57(41-55(42)51)54-25-11-13-29-60(54)67-62/h1-41H. The second-order valence-electron chi connectivity index (χ2n) is 16.9. The number of anilines is 9. The molecule has 0 fully saturated rings. The summed E-state index contributed by atoms with van der Waals surface area (Å²) < 4.78 is 12.7. The van der Waals surface area contributed by atoms with Crippen LogP contribution in [0.2, 0.25) is 0 Å². The Kier molecular flexibility index (Phi) is 9.10. The zero-order chi connectivity index (χ0) is 44.3. The monoisotopic (exact) mass is 859 g/mol. The van der Waals surface area contributed by atoms with Gasteiger partial charge in [-0.05, 0) is 144 Å². The molecule has 13 rings (SSSR count). The number of hydrogen-bond acceptors (Lipinski definition) is 5. The van der Waals surface area contributed by atoms with Crippen LogP contribution < -0.4 is 14.7 Å². The maximum Gasteiger partial charge on any atom is 0.136 e. The van der Waals surface area contributed by atoms with E-state index < -0.39 is 0 Å². The third-order valence-electron chi connectivity index (χ3n) is 13.0. The van der Waals surface area contributed by atoms with Crippen molar-refractivity contribution in [2.24, 2.45) is 0 Å². The summed E-state index contributed by atoms with van der Waals surface area (Å²) in [6.07, 6.45) is 0. The summed E-state index contributed by atoms with van der Waals surface area (Å²) >= 11 is 0. The van der Waals surface area contributed by atoms with Crippen LogP contribution in [0.5, 0.6) is 0 Å². The molecule has 0 saturated heterocycles. The Balaban J connectivity index is 0.971. The number of fused-ring (bicyclic) bond motifs is 9. The van der Waals surface area contributed by atoms with Gasteiger partial charge in [0.05, 0.1) is 5.69 Å². The number of hydrogen-bond donors (Lipinski definition) is 0. The zero-order valence-electron chi connectivity index (χ0n) is 36.3. The molecule has 5 nitrogen and oxygen atoms in total. The van der Waals surface area contributed by atoms with Gasteiger partial charge in [-0.2, -0.15) is 0 Å². The van der Waals surface area contributed by atoms with E-state index in [1.54, 1.807) is 0 Å². The normalized spacial score (nSPS) is 11.6. The molecular weight excluding hydrogens is 819 g/mol. The van der Waals surface area contributed by atoms with Gasteiger partial charge < -0.3 is 23.5 Å². The molecule has 0 atom stereocenters. The van der Waals surface area contributed by atoms with Crippen molar-refractivity contribution >= 4 is 117 Å². The van der Waals surface area contributed by atoms with E-state index in [0.29, 0.717) is 0 Å². The van der Waals surface area contributed by atoms with Crippen molar-refractivity contribution in [2.75, 3.05) is 14.7 Å². The Hall–Kier alpha value is -9.06. The van der Waals surface area contributed by atoms with E-state index in [0.717, 1.165) is 106 Å². The summed E-state index contributed by atoms with van der Waals surface area (Å²) in [6.45, 7) is 0. The minimum absolute atomic E-state index is 0.861. The largest absolute Gasteiger partial charge is 0.456 e. The summed E-state index contributed by atoms with van der Waals surface area (Å²) in [5.41, 5.74) is 13.1. The second-order valence-corrected chi connectivity index (χ2v) is 16.9. The van der Waals surface area contributed by atoms with Gasteiger partial charge in [-0.15, -0.1) is 0 Å². The first kappa shape index (κ1) is 38.4. The Labute approximate surface area is 387 Å². The van der Waals surface area contributed by atoms with Gasteiger partial charge in [-0.3, -0.25) is 0 Å². The molecule has 2 heterocycles. The molecule has 0 radical (unpaired) electrons. The van der Waals surface area contributed by atoms with Gasteiger partial charge >= 0.3 is 0 Å². The molecule has 11 aromatic carbocycles.